The second-order valence-electron chi connectivity index (χ2n) is 8.68. The Bertz CT molecular complexity index is 1390. The number of nitrogens with zero attached hydrogens (tertiary/aromatic N) is 1. The molecule has 5 aromatic rings. The Hall–Kier alpha value is -4.77. The van der Waals surface area contributed by atoms with Crippen LogP contribution in [0, 0.1) is 0 Å². The quantitative estimate of drug-likeness (QED) is 0.216. The van der Waals surface area contributed by atoms with Gasteiger partial charge in [0, 0.05) is 28.5 Å². The molecule has 0 radical (unpaired) electrons. The van der Waals surface area contributed by atoms with Crippen LogP contribution >= 0.6 is 0 Å². The molecule has 0 fully saturated rings. The van der Waals surface area contributed by atoms with Gasteiger partial charge in [0.15, 0.2) is 0 Å². The average molecular weight is 504 g/mol. The summed E-state index contributed by atoms with van der Waals surface area (Å²) in [6, 6.07) is 32.3. The Morgan fingerprint density at radius 2 is 0.737 bits per heavy atom. The fourth-order valence-corrected chi connectivity index (χ4v) is 4.56. The summed E-state index contributed by atoms with van der Waals surface area (Å²) in [7, 11) is 6.69. The van der Waals surface area contributed by atoms with Gasteiger partial charge in [0.1, 0.15) is 23.0 Å². The molecule has 190 valence electrons. The van der Waals surface area contributed by atoms with Crippen LogP contribution in [-0.4, -0.2) is 33.4 Å². The molecule has 0 atom stereocenters. The smallest absolute Gasteiger partial charge is 0.118 e. The van der Waals surface area contributed by atoms with Crippen molar-refractivity contribution in [3.05, 3.63) is 103 Å². The molecule has 0 amide bonds. The van der Waals surface area contributed by atoms with Crippen LogP contribution in [-0.2, 0) is 0 Å². The normalized spacial score (nSPS) is 10.6. The Kier molecular flexibility index (Phi) is 7.27. The Morgan fingerprint density at radius 1 is 0.395 bits per heavy atom. The molecule has 1 heterocycles. The maximum atomic E-state index is 5.45. The summed E-state index contributed by atoms with van der Waals surface area (Å²) < 4.78 is 21.7. The SMILES string of the molecule is COc1ccc(-c2cnc(-c3ccc(OC)cc3)c(-c3ccc(OC)cc3)c2-c2ccc(OC)cc2)cc1. The zero-order chi connectivity index (χ0) is 26.5. The molecule has 5 heteroatoms. The zero-order valence-electron chi connectivity index (χ0n) is 21.9. The summed E-state index contributed by atoms with van der Waals surface area (Å²) >= 11 is 0. The van der Waals surface area contributed by atoms with Crippen molar-refractivity contribution in [2.45, 2.75) is 0 Å². The van der Waals surface area contributed by atoms with Crippen LogP contribution in [0.1, 0.15) is 0 Å². The minimum atomic E-state index is 0.796. The second kappa shape index (κ2) is 11.1. The molecule has 0 aliphatic rings. The monoisotopic (exact) mass is 503 g/mol. The summed E-state index contributed by atoms with van der Waals surface area (Å²) in [5.74, 6) is 3.20. The van der Waals surface area contributed by atoms with Gasteiger partial charge in [-0.2, -0.15) is 0 Å². The number of methoxy groups -OCH3 is 4. The largest absolute Gasteiger partial charge is 0.497 e. The van der Waals surface area contributed by atoms with Crippen molar-refractivity contribution in [2.75, 3.05) is 28.4 Å². The molecular weight excluding hydrogens is 474 g/mol. The van der Waals surface area contributed by atoms with Gasteiger partial charge in [0.2, 0.25) is 0 Å². The highest BCUT2D eigenvalue weighted by molar-refractivity contribution is 6.00. The molecule has 38 heavy (non-hydrogen) atoms. The van der Waals surface area contributed by atoms with Crippen LogP contribution in [0.4, 0.5) is 0 Å². The van der Waals surface area contributed by atoms with Gasteiger partial charge in [-0.3, -0.25) is 4.98 Å². The molecule has 1 aromatic heterocycles. The van der Waals surface area contributed by atoms with E-state index in [1.165, 1.54) is 0 Å². The summed E-state index contributed by atoms with van der Waals surface area (Å²) in [4.78, 5) is 5.03. The number of hydrogen-bond acceptors (Lipinski definition) is 5. The fourth-order valence-electron chi connectivity index (χ4n) is 4.56. The summed E-state index contributed by atoms with van der Waals surface area (Å²) in [5, 5.41) is 0. The minimum Gasteiger partial charge on any atom is -0.497 e. The first-order valence-corrected chi connectivity index (χ1v) is 12.3. The van der Waals surface area contributed by atoms with E-state index in [4.69, 9.17) is 23.9 Å². The van der Waals surface area contributed by atoms with E-state index in [1.807, 2.05) is 66.9 Å². The predicted molar refractivity (Wildman–Crippen MR) is 152 cm³/mol. The highest BCUT2D eigenvalue weighted by atomic mass is 16.5. The molecule has 0 aliphatic heterocycles. The van der Waals surface area contributed by atoms with E-state index >= 15 is 0 Å². The van der Waals surface area contributed by atoms with Crippen LogP contribution in [0.3, 0.4) is 0 Å². The third-order valence-electron chi connectivity index (χ3n) is 6.60. The average Bonchev–Trinajstić information content (AvgIpc) is 3.00. The lowest BCUT2D eigenvalue weighted by Crippen LogP contribution is -1.98. The maximum Gasteiger partial charge on any atom is 0.118 e. The van der Waals surface area contributed by atoms with Crippen molar-refractivity contribution in [3.8, 4) is 67.6 Å². The third-order valence-corrected chi connectivity index (χ3v) is 6.60. The van der Waals surface area contributed by atoms with E-state index in [1.54, 1.807) is 28.4 Å². The highest BCUT2D eigenvalue weighted by Gasteiger charge is 2.21. The molecule has 0 spiro atoms. The lowest BCUT2D eigenvalue weighted by molar-refractivity contribution is 0.414. The van der Waals surface area contributed by atoms with Gasteiger partial charge in [-0.1, -0.05) is 36.4 Å². The van der Waals surface area contributed by atoms with Gasteiger partial charge >= 0.3 is 0 Å². The van der Waals surface area contributed by atoms with Crippen molar-refractivity contribution in [1.82, 2.24) is 4.98 Å². The summed E-state index contributed by atoms with van der Waals surface area (Å²) in [6.45, 7) is 0. The van der Waals surface area contributed by atoms with E-state index in [9.17, 15) is 0 Å². The molecule has 0 saturated heterocycles. The molecular formula is C33H29NO4. The first-order valence-electron chi connectivity index (χ1n) is 12.3. The van der Waals surface area contributed by atoms with Gasteiger partial charge in [-0.05, 0) is 77.4 Å². The predicted octanol–water partition coefficient (Wildman–Crippen LogP) is 7.78. The number of hydrogen-bond donors (Lipinski definition) is 0. The Labute approximate surface area is 223 Å². The lowest BCUT2D eigenvalue weighted by atomic mass is 9.86. The first kappa shape index (κ1) is 24.9. The maximum absolute atomic E-state index is 5.45. The number of aromatic nitrogens is 1. The van der Waals surface area contributed by atoms with Crippen LogP contribution in [0.2, 0.25) is 0 Å². The van der Waals surface area contributed by atoms with Gasteiger partial charge in [0.05, 0.1) is 34.1 Å². The van der Waals surface area contributed by atoms with Gasteiger partial charge in [0.25, 0.3) is 0 Å². The number of rotatable bonds is 8. The molecule has 0 bridgehead atoms. The molecule has 0 saturated carbocycles. The van der Waals surface area contributed by atoms with Crippen LogP contribution < -0.4 is 18.9 Å². The minimum absolute atomic E-state index is 0.796. The van der Waals surface area contributed by atoms with Crippen LogP contribution in [0.25, 0.3) is 44.6 Å². The second-order valence-corrected chi connectivity index (χ2v) is 8.68. The molecule has 4 aromatic carbocycles. The zero-order valence-corrected chi connectivity index (χ0v) is 21.9. The molecule has 0 N–H and O–H groups in total. The topological polar surface area (TPSA) is 49.8 Å². The molecule has 0 aliphatic carbocycles. The molecule has 5 nitrogen and oxygen atoms in total. The standard InChI is InChI=1S/C33H29NO4/c1-35-26-13-5-22(6-14-26)30-21-34-33(25-11-19-29(38-4)20-12-25)32(24-9-17-28(37-3)18-10-24)31(30)23-7-15-27(36-2)16-8-23/h5-21H,1-4H3. The van der Waals surface area contributed by atoms with Crippen molar-refractivity contribution < 1.29 is 18.9 Å². The van der Waals surface area contributed by atoms with E-state index in [0.29, 0.717) is 0 Å². The number of benzene rings is 4. The fraction of sp³-hybridized carbons (Fsp3) is 0.121. The Morgan fingerprint density at radius 3 is 1.13 bits per heavy atom. The van der Waals surface area contributed by atoms with Crippen molar-refractivity contribution in [1.29, 1.82) is 0 Å². The molecule has 5 rings (SSSR count). The summed E-state index contributed by atoms with van der Waals surface area (Å²) in [5.41, 5.74) is 8.11. The summed E-state index contributed by atoms with van der Waals surface area (Å²) in [6.07, 6.45) is 1.95. The highest BCUT2D eigenvalue weighted by Crippen LogP contribution is 2.45. The van der Waals surface area contributed by atoms with Gasteiger partial charge in [-0.15, -0.1) is 0 Å². The van der Waals surface area contributed by atoms with E-state index in [-0.39, 0.29) is 0 Å². The Balaban J connectivity index is 1.83. The van der Waals surface area contributed by atoms with E-state index in [2.05, 4.69) is 36.4 Å². The van der Waals surface area contributed by atoms with Gasteiger partial charge < -0.3 is 18.9 Å². The van der Waals surface area contributed by atoms with E-state index in [0.717, 1.165) is 67.6 Å². The van der Waals surface area contributed by atoms with Crippen molar-refractivity contribution >= 4 is 0 Å². The number of ether oxygens (including phenoxy) is 4. The first-order chi connectivity index (χ1) is 18.6. The van der Waals surface area contributed by atoms with Crippen molar-refractivity contribution in [2.24, 2.45) is 0 Å². The molecule has 0 unspecified atom stereocenters. The van der Waals surface area contributed by atoms with Gasteiger partial charge in [-0.25, -0.2) is 0 Å². The lowest BCUT2D eigenvalue weighted by Gasteiger charge is -2.20. The third kappa shape index (κ3) is 4.91. The van der Waals surface area contributed by atoms with Crippen LogP contribution in [0.5, 0.6) is 23.0 Å². The number of pyridine rings is 1. The van der Waals surface area contributed by atoms with Crippen molar-refractivity contribution in [3.63, 3.8) is 0 Å². The van der Waals surface area contributed by atoms with E-state index < -0.39 is 0 Å². The van der Waals surface area contributed by atoms with Crippen LogP contribution in [0.15, 0.2) is 103 Å².